The Labute approximate surface area is 122 Å². The van der Waals surface area contributed by atoms with Gasteiger partial charge < -0.3 is 10.6 Å². The van der Waals surface area contributed by atoms with Gasteiger partial charge >= 0.3 is 0 Å². The standard InChI is InChI=1S/C17H26N2O/c1-13-6-8-15(9-7-13)10-11-17(20)19-14(2)16-5-3-4-12-18-16/h6-9,14,16,18H,3-5,10-12H2,1-2H3,(H,19,20). The molecule has 0 saturated carbocycles. The van der Waals surface area contributed by atoms with Crippen molar-refractivity contribution in [2.45, 2.75) is 58.0 Å². The fourth-order valence-electron chi connectivity index (χ4n) is 2.74. The van der Waals surface area contributed by atoms with Crippen LogP contribution in [0, 0.1) is 6.92 Å². The molecule has 3 heteroatoms. The van der Waals surface area contributed by atoms with Gasteiger partial charge in [-0.1, -0.05) is 36.2 Å². The quantitative estimate of drug-likeness (QED) is 0.866. The second-order valence-corrected chi connectivity index (χ2v) is 5.90. The van der Waals surface area contributed by atoms with Crippen molar-refractivity contribution in [3.8, 4) is 0 Å². The van der Waals surface area contributed by atoms with Gasteiger partial charge in [-0.2, -0.15) is 0 Å². The minimum absolute atomic E-state index is 0.158. The second kappa shape index (κ2) is 7.44. The summed E-state index contributed by atoms with van der Waals surface area (Å²) in [4.78, 5) is 12.0. The molecule has 0 radical (unpaired) electrons. The number of hydrogen-bond donors (Lipinski definition) is 2. The molecular formula is C17H26N2O. The maximum Gasteiger partial charge on any atom is 0.220 e. The Morgan fingerprint density at radius 1 is 1.35 bits per heavy atom. The SMILES string of the molecule is Cc1ccc(CCC(=O)NC(C)C2CCCCN2)cc1. The van der Waals surface area contributed by atoms with E-state index >= 15 is 0 Å². The molecule has 1 saturated heterocycles. The summed E-state index contributed by atoms with van der Waals surface area (Å²) in [5, 5.41) is 6.62. The van der Waals surface area contributed by atoms with Crippen LogP contribution in [0.5, 0.6) is 0 Å². The van der Waals surface area contributed by atoms with Gasteiger partial charge in [-0.3, -0.25) is 4.79 Å². The first kappa shape index (κ1) is 15.0. The summed E-state index contributed by atoms with van der Waals surface area (Å²) in [6.07, 6.45) is 5.07. The average Bonchev–Trinajstić information content (AvgIpc) is 2.47. The smallest absolute Gasteiger partial charge is 0.220 e. The van der Waals surface area contributed by atoms with Crippen LogP contribution < -0.4 is 10.6 Å². The monoisotopic (exact) mass is 274 g/mol. The minimum atomic E-state index is 0.158. The van der Waals surface area contributed by atoms with Crippen LogP contribution >= 0.6 is 0 Å². The molecule has 0 spiro atoms. The summed E-state index contributed by atoms with van der Waals surface area (Å²) in [5.41, 5.74) is 2.49. The number of carbonyl (C=O) groups is 1. The molecule has 1 aromatic rings. The number of carbonyl (C=O) groups excluding carboxylic acids is 1. The highest BCUT2D eigenvalue weighted by molar-refractivity contribution is 5.76. The minimum Gasteiger partial charge on any atom is -0.352 e. The fourth-order valence-corrected chi connectivity index (χ4v) is 2.74. The van der Waals surface area contributed by atoms with Gasteiger partial charge in [-0.05, 0) is 45.2 Å². The summed E-state index contributed by atoms with van der Waals surface area (Å²) >= 11 is 0. The molecule has 0 bridgehead atoms. The van der Waals surface area contributed by atoms with Gasteiger partial charge in [0.05, 0.1) is 0 Å². The molecule has 1 amide bonds. The lowest BCUT2D eigenvalue weighted by Crippen LogP contribution is -2.50. The zero-order chi connectivity index (χ0) is 14.4. The molecule has 2 rings (SSSR count). The Hall–Kier alpha value is -1.35. The summed E-state index contributed by atoms with van der Waals surface area (Å²) in [7, 11) is 0. The van der Waals surface area contributed by atoms with Crippen LogP contribution in [0.2, 0.25) is 0 Å². The third-order valence-electron chi connectivity index (χ3n) is 4.10. The lowest BCUT2D eigenvalue weighted by Gasteiger charge is -2.29. The average molecular weight is 274 g/mol. The van der Waals surface area contributed by atoms with Crippen molar-refractivity contribution >= 4 is 5.91 Å². The largest absolute Gasteiger partial charge is 0.352 e. The van der Waals surface area contributed by atoms with Gasteiger partial charge in [0.15, 0.2) is 0 Å². The molecule has 1 aliphatic heterocycles. The molecule has 20 heavy (non-hydrogen) atoms. The van der Waals surface area contributed by atoms with E-state index in [1.165, 1.54) is 30.4 Å². The van der Waals surface area contributed by atoms with Crippen molar-refractivity contribution < 1.29 is 4.79 Å². The Kier molecular flexibility index (Phi) is 5.60. The van der Waals surface area contributed by atoms with Gasteiger partial charge in [0.25, 0.3) is 0 Å². The van der Waals surface area contributed by atoms with Crippen molar-refractivity contribution in [2.24, 2.45) is 0 Å². The summed E-state index contributed by atoms with van der Waals surface area (Å²) in [6.45, 7) is 5.26. The number of amides is 1. The van der Waals surface area contributed by atoms with Crippen molar-refractivity contribution in [1.82, 2.24) is 10.6 Å². The molecule has 3 nitrogen and oxygen atoms in total. The Bertz CT molecular complexity index is 421. The van der Waals surface area contributed by atoms with Crippen LogP contribution in [0.3, 0.4) is 0 Å². The number of rotatable bonds is 5. The van der Waals surface area contributed by atoms with E-state index in [-0.39, 0.29) is 11.9 Å². The van der Waals surface area contributed by atoms with Gasteiger partial charge in [-0.25, -0.2) is 0 Å². The van der Waals surface area contributed by atoms with E-state index in [9.17, 15) is 4.79 Å². The van der Waals surface area contributed by atoms with E-state index in [4.69, 9.17) is 0 Å². The van der Waals surface area contributed by atoms with E-state index < -0.39 is 0 Å². The molecule has 0 aromatic heterocycles. The molecule has 1 aliphatic rings. The lowest BCUT2D eigenvalue weighted by molar-refractivity contribution is -0.121. The molecule has 1 aromatic carbocycles. The Morgan fingerprint density at radius 3 is 2.75 bits per heavy atom. The van der Waals surface area contributed by atoms with E-state index in [1.54, 1.807) is 0 Å². The van der Waals surface area contributed by atoms with Crippen LogP contribution in [0.25, 0.3) is 0 Å². The van der Waals surface area contributed by atoms with Crippen molar-refractivity contribution in [3.63, 3.8) is 0 Å². The zero-order valence-electron chi connectivity index (χ0n) is 12.6. The van der Waals surface area contributed by atoms with Crippen LogP contribution in [-0.4, -0.2) is 24.5 Å². The Balaban J connectivity index is 1.73. The Morgan fingerprint density at radius 2 is 2.10 bits per heavy atom. The second-order valence-electron chi connectivity index (χ2n) is 5.90. The van der Waals surface area contributed by atoms with Gasteiger partial charge in [0, 0.05) is 18.5 Å². The third kappa shape index (κ3) is 4.64. The predicted molar refractivity (Wildman–Crippen MR) is 82.7 cm³/mol. The fraction of sp³-hybridized carbons (Fsp3) is 0.588. The first-order valence-corrected chi connectivity index (χ1v) is 7.73. The van der Waals surface area contributed by atoms with E-state index in [0.717, 1.165) is 13.0 Å². The van der Waals surface area contributed by atoms with Crippen LogP contribution in [0.4, 0.5) is 0 Å². The van der Waals surface area contributed by atoms with Crippen LogP contribution in [0.1, 0.15) is 43.7 Å². The summed E-state index contributed by atoms with van der Waals surface area (Å²) < 4.78 is 0. The van der Waals surface area contributed by atoms with Crippen LogP contribution in [-0.2, 0) is 11.2 Å². The van der Waals surface area contributed by atoms with E-state index in [2.05, 4.69) is 48.7 Å². The topological polar surface area (TPSA) is 41.1 Å². The number of hydrogen-bond acceptors (Lipinski definition) is 2. The van der Waals surface area contributed by atoms with Crippen molar-refractivity contribution in [1.29, 1.82) is 0 Å². The molecule has 0 aliphatic carbocycles. The highest BCUT2D eigenvalue weighted by Crippen LogP contribution is 2.11. The molecule has 2 atom stereocenters. The zero-order valence-corrected chi connectivity index (χ0v) is 12.6. The van der Waals surface area contributed by atoms with E-state index in [1.807, 2.05) is 0 Å². The van der Waals surface area contributed by atoms with Crippen molar-refractivity contribution in [2.75, 3.05) is 6.54 Å². The van der Waals surface area contributed by atoms with Gasteiger partial charge in [-0.15, -0.1) is 0 Å². The highest BCUT2D eigenvalue weighted by Gasteiger charge is 2.20. The number of nitrogens with one attached hydrogen (secondary N) is 2. The predicted octanol–water partition coefficient (Wildman–Crippen LogP) is 2.57. The molecule has 2 N–H and O–H groups in total. The molecule has 2 unspecified atom stereocenters. The summed E-state index contributed by atoms with van der Waals surface area (Å²) in [6, 6.07) is 9.07. The third-order valence-corrected chi connectivity index (χ3v) is 4.10. The maximum atomic E-state index is 12.0. The first-order valence-electron chi connectivity index (χ1n) is 7.73. The highest BCUT2D eigenvalue weighted by atomic mass is 16.1. The molecular weight excluding hydrogens is 248 g/mol. The number of piperidine rings is 1. The molecule has 1 fully saturated rings. The van der Waals surface area contributed by atoms with Crippen LogP contribution in [0.15, 0.2) is 24.3 Å². The lowest BCUT2D eigenvalue weighted by atomic mass is 9.99. The number of aryl methyl sites for hydroxylation is 2. The molecule has 1 heterocycles. The molecule has 110 valence electrons. The number of benzene rings is 1. The normalized spacial score (nSPS) is 20.4. The van der Waals surface area contributed by atoms with Gasteiger partial charge in [0.1, 0.15) is 0 Å². The maximum absolute atomic E-state index is 12.0. The van der Waals surface area contributed by atoms with E-state index in [0.29, 0.717) is 12.5 Å². The van der Waals surface area contributed by atoms with Gasteiger partial charge in [0.2, 0.25) is 5.91 Å². The first-order chi connectivity index (χ1) is 9.65. The van der Waals surface area contributed by atoms with Crippen molar-refractivity contribution in [3.05, 3.63) is 35.4 Å². The summed E-state index contributed by atoms with van der Waals surface area (Å²) in [5.74, 6) is 0.158.